The lowest BCUT2D eigenvalue weighted by atomic mass is 9.98. The van der Waals surface area contributed by atoms with Crippen LogP contribution in [0.25, 0.3) is 71.8 Å². The van der Waals surface area contributed by atoms with Crippen molar-refractivity contribution < 1.29 is 0 Å². The molecule has 1 aliphatic rings. The van der Waals surface area contributed by atoms with Gasteiger partial charge in [-0.2, -0.15) is 0 Å². The van der Waals surface area contributed by atoms with Crippen molar-refractivity contribution in [3.8, 4) is 22.5 Å². The Morgan fingerprint density at radius 2 is 1.04 bits per heavy atom. The minimum Gasteiger partial charge on any atom is -0.359 e. The van der Waals surface area contributed by atoms with Gasteiger partial charge in [-0.3, -0.25) is 0 Å². The maximum absolute atomic E-state index is 5.31. The van der Waals surface area contributed by atoms with E-state index in [1.807, 2.05) is 6.07 Å². The van der Waals surface area contributed by atoms with Crippen LogP contribution in [0.5, 0.6) is 0 Å². The van der Waals surface area contributed by atoms with E-state index in [2.05, 4.69) is 215 Å². The monoisotopic (exact) mass is 716 g/mol. The van der Waals surface area contributed by atoms with Crippen LogP contribution >= 0.6 is 0 Å². The smallest absolute Gasteiger partial charge is 0.134 e. The van der Waals surface area contributed by atoms with Crippen molar-refractivity contribution in [2.45, 2.75) is 6.04 Å². The van der Waals surface area contributed by atoms with Gasteiger partial charge >= 0.3 is 0 Å². The van der Waals surface area contributed by atoms with Crippen molar-refractivity contribution in [3.63, 3.8) is 0 Å². The normalized spacial score (nSPS) is 14.2. The van der Waals surface area contributed by atoms with Gasteiger partial charge in [0.1, 0.15) is 5.84 Å². The molecule has 0 saturated heterocycles. The molecule has 4 nitrogen and oxygen atoms in total. The van der Waals surface area contributed by atoms with Crippen LogP contribution in [0.15, 0.2) is 211 Å². The summed E-state index contributed by atoms with van der Waals surface area (Å²) in [6.07, 6.45) is 2.26. The van der Waals surface area contributed by atoms with Gasteiger partial charge in [-0.15, -0.1) is 0 Å². The first kappa shape index (κ1) is 32.0. The average Bonchev–Trinajstić information content (AvgIpc) is 3.80. The Hall–Kier alpha value is -7.43. The van der Waals surface area contributed by atoms with Crippen LogP contribution in [0.3, 0.4) is 0 Å². The third kappa shape index (κ3) is 5.19. The van der Waals surface area contributed by atoms with Gasteiger partial charge in [-0.25, -0.2) is 4.99 Å². The molecule has 1 unspecified atom stereocenters. The van der Waals surface area contributed by atoms with Gasteiger partial charge in [0.25, 0.3) is 0 Å². The van der Waals surface area contributed by atoms with Gasteiger partial charge in [0.15, 0.2) is 0 Å². The Morgan fingerprint density at radius 1 is 0.429 bits per heavy atom. The quantitative estimate of drug-likeness (QED) is 0.183. The topological polar surface area (TPSA) is 34.2 Å². The number of hydrogen-bond donors (Lipinski definition) is 1. The second-order valence-corrected chi connectivity index (χ2v) is 14.4. The molecule has 264 valence electrons. The van der Waals surface area contributed by atoms with Gasteiger partial charge in [0.2, 0.25) is 0 Å². The average molecular weight is 717 g/mol. The summed E-state index contributed by atoms with van der Waals surface area (Å²) in [4.78, 5) is 5.31. The van der Waals surface area contributed by atoms with Crippen LogP contribution < -0.4 is 5.32 Å². The molecule has 1 N–H and O–H groups in total. The van der Waals surface area contributed by atoms with Gasteiger partial charge < -0.3 is 14.5 Å². The van der Waals surface area contributed by atoms with Crippen LogP contribution in [-0.4, -0.2) is 15.0 Å². The van der Waals surface area contributed by atoms with Gasteiger partial charge in [0, 0.05) is 38.4 Å². The van der Waals surface area contributed by atoms with Crippen molar-refractivity contribution >= 4 is 55.1 Å². The fourth-order valence-electron chi connectivity index (χ4n) is 8.67. The number of aliphatic imine (C=N–C) groups is 1. The van der Waals surface area contributed by atoms with Crippen molar-refractivity contribution in [2.24, 2.45) is 4.99 Å². The van der Waals surface area contributed by atoms with Gasteiger partial charge in [-0.05, 0) is 71.3 Å². The highest BCUT2D eigenvalue weighted by Gasteiger charge is 2.23. The predicted octanol–water partition coefficient (Wildman–Crippen LogP) is 12.7. The molecular weight excluding hydrogens is 681 g/mol. The standard InChI is InChI=1S/C52H36N4/c1-4-17-35(18-5-1)44-34-45(54-52(53-44)36-19-6-2-7-20-36)41-24-11-14-28-47(41)56-46-27-13-10-23-40(46)43-33-37(31-32-49(43)56)39-26-16-30-50-51(39)42-25-12-15-29-48(42)55(50)38-21-8-3-9-22-38/h1-34,44H,(H,53,54). The summed E-state index contributed by atoms with van der Waals surface area (Å²) in [6.45, 7) is 0. The fourth-order valence-corrected chi connectivity index (χ4v) is 8.67. The number of benzene rings is 8. The molecule has 0 aliphatic carbocycles. The minimum absolute atomic E-state index is 0.0387. The summed E-state index contributed by atoms with van der Waals surface area (Å²) in [5.74, 6) is 0.862. The molecule has 0 spiro atoms. The molecular formula is C52H36N4. The molecule has 0 fully saturated rings. The zero-order valence-electron chi connectivity index (χ0n) is 30.5. The number of fused-ring (bicyclic) bond motifs is 6. The second-order valence-electron chi connectivity index (χ2n) is 14.4. The number of aromatic nitrogens is 2. The van der Waals surface area contributed by atoms with Gasteiger partial charge in [-0.1, -0.05) is 152 Å². The number of rotatable bonds is 6. The van der Waals surface area contributed by atoms with Crippen LogP contribution in [0.2, 0.25) is 0 Å². The summed E-state index contributed by atoms with van der Waals surface area (Å²) < 4.78 is 4.81. The molecule has 3 heterocycles. The molecule has 2 aromatic heterocycles. The van der Waals surface area contributed by atoms with E-state index in [-0.39, 0.29) is 6.04 Å². The van der Waals surface area contributed by atoms with Crippen molar-refractivity contribution in [3.05, 3.63) is 223 Å². The maximum Gasteiger partial charge on any atom is 0.134 e. The number of para-hydroxylation sites is 4. The number of hydrogen-bond acceptors (Lipinski definition) is 2. The molecule has 4 heteroatoms. The number of amidine groups is 1. The number of nitrogens with zero attached hydrogens (tertiary/aromatic N) is 3. The van der Waals surface area contributed by atoms with Crippen LogP contribution in [0.4, 0.5) is 0 Å². The Morgan fingerprint density at radius 3 is 1.84 bits per heavy atom. The Kier molecular flexibility index (Phi) is 7.52. The van der Waals surface area contributed by atoms with Crippen LogP contribution in [-0.2, 0) is 0 Å². The SMILES string of the molecule is C1=C(c2ccccc2-n2c3ccccc3c3cc(-c4cccc5c4c4ccccc4n5-c4ccccc4)ccc32)N=C(c2ccccc2)NC1c1ccccc1. The maximum atomic E-state index is 5.31. The summed E-state index contributed by atoms with van der Waals surface area (Å²) in [5, 5.41) is 8.66. The molecule has 1 atom stereocenters. The highest BCUT2D eigenvalue weighted by molar-refractivity contribution is 6.17. The molecule has 11 rings (SSSR count). The van der Waals surface area contributed by atoms with Gasteiger partial charge in [0.05, 0.1) is 39.5 Å². The molecule has 8 aromatic carbocycles. The third-order valence-electron chi connectivity index (χ3n) is 11.2. The molecule has 0 amide bonds. The summed E-state index contributed by atoms with van der Waals surface area (Å²) in [7, 11) is 0. The molecule has 0 radical (unpaired) electrons. The lowest BCUT2D eigenvalue weighted by Crippen LogP contribution is -2.31. The largest absolute Gasteiger partial charge is 0.359 e. The molecule has 0 saturated carbocycles. The van der Waals surface area contributed by atoms with Crippen LogP contribution in [0, 0.1) is 0 Å². The lowest BCUT2D eigenvalue weighted by Gasteiger charge is -2.25. The van der Waals surface area contributed by atoms with Crippen molar-refractivity contribution in [1.82, 2.24) is 14.5 Å². The summed E-state index contributed by atoms with van der Waals surface area (Å²) in [5.41, 5.74) is 13.7. The Balaban J connectivity index is 1.11. The molecule has 1 aliphatic heterocycles. The first-order valence-corrected chi connectivity index (χ1v) is 19.2. The summed E-state index contributed by atoms with van der Waals surface area (Å²) >= 11 is 0. The Labute approximate surface area is 324 Å². The van der Waals surface area contributed by atoms with E-state index in [9.17, 15) is 0 Å². The highest BCUT2D eigenvalue weighted by atomic mass is 15.1. The third-order valence-corrected chi connectivity index (χ3v) is 11.2. The second kappa shape index (κ2) is 13.2. The Bertz CT molecular complexity index is 3150. The fraction of sp³-hybridized carbons (Fsp3) is 0.0192. The summed E-state index contributed by atoms with van der Waals surface area (Å²) in [6, 6.07) is 71.6. The first-order chi connectivity index (χ1) is 27.8. The highest BCUT2D eigenvalue weighted by Crippen LogP contribution is 2.42. The van der Waals surface area contributed by atoms with E-state index in [0.29, 0.717) is 0 Å². The number of nitrogens with one attached hydrogen (secondary N) is 1. The first-order valence-electron chi connectivity index (χ1n) is 19.2. The zero-order chi connectivity index (χ0) is 37.0. The van der Waals surface area contributed by atoms with Crippen molar-refractivity contribution in [2.75, 3.05) is 0 Å². The molecule has 10 aromatic rings. The van der Waals surface area contributed by atoms with E-state index in [0.717, 1.165) is 45.1 Å². The van der Waals surface area contributed by atoms with E-state index in [4.69, 9.17) is 4.99 Å². The zero-order valence-corrected chi connectivity index (χ0v) is 30.5. The van der Waals surface area contributed by atoms with E-state index < -0.39 is 0 Å². The van der Waals surface area contributed by atoms with Crippen molar-refractivity contribution in [1.29, 1.82) is 0 Å². The molecule has 0 bridgehead atoms. The molecule has 56 heavy (non-hydrogen) atoms. The lowest BCUT2D eigenvalue weighted by molar-refractivity contribution is 0.780. The van der Waals surface area contributed by atoms with Crippen LogP contribution in [0.1, 0.15) is 22.7 Å². The minimum atomic E-state index is -0.0387. The van der Waals surface area contributed by atoms with E-state index in [1.165, 1.54) is 49.3 Å². The van der Waals surface area contributed by atoms with E-state index >= 15 is 0 Å². The van der Waals surface area contributed by atoms with E-state index in [1.54, 1.807) is 0 Å². The predicted molar refractivity (Wildman–Crippen MR) is 234 cm³/mol.